The summed E-state index contributed by atoms with van der Waals surface area (Å²) in [4.78, 5) is 22.5. The van der Waals surface area contributed by atoms with Crippen LogP contribution in [-0.4, -0.2) is 23.5 Å². The first-order valence-electron chi connectivity index (χ1n) is 10.5. The van der Waals surface area contributed by atoms with Gasteiger partial charge in [0.25, 0.3) is 0 Å². The smallest absolute Gasteiger partial charge is 0.335 e. The van der Waals surface area contributed by atoms with Gasteiger partial charge in [0.1, 0.15) is 5.75 Å². The van der Waals surface area contributed by atoms with Gasteiger partial charge in [-0.25, -0.2) is 4.79 Å². The zero-order valence-electron chi connectivity index (χ0n) is 18.2. The van der Waals surface area contributed by atoms with Crippen LogP contribution in [0.25, 0.3) is 12.2 Å². The standard InChI is InChI=1S/C16H12O3.C12H16O/c17-15(13-4-2-1-3-5-13)11-8-12-6-9-14(10-7-12)16(18)19;1-3-5-10-13-12-8-6-11(4-2)7-9-12/h1-11H,(H,18,19);4,6-9H,2-3,5,10H2,1H3/b11-8+;. The van der Waals surface area contributed by atoms with E-state index in [0.29, 0.717) is 5.56 Å². The number of ether oxygens (including phenoxy) is 1. The van der Waals surface area contributed by atoms with Gasteiger partial charge >= 0.3 is 5.97 Å². The summed E-state index contributed by atoms with van der Waals surface area (Å²) in [6.45, 7) is 6.66. The molecule has 0 aliphatic heterocycles. The van der Waals surface area contributed by atoms with Gasteiger partial charge in [-0.05, 0) is 47.9 Å². The number of ketones is 1. The minimum absolute atomic E-state index is 0.0806. The van der Waals surface area contributed by atoms with Crippen molar-refractivity contribution in [1.29, 1.82) is 0 Å². The molecule has 0 amide bonds. The molecule has 0 aliphatic rings. The molecule has 0 aliphatic carbocycles. The maximum absolute atomic E-state index is 11.8. The Morgan fingerprint density at radius 3 is 2.06 bits per heavy atom. The lowest BCUT2D eigenvalue weighted by Crippen LogP contribution is -1.95. The predicted molar refractivity (Wildman–Crippen MR) is 130 cm³/mol. The van der Waals surface area contributed by atoms with Gasteiger partial charge in [0, 0.05) is 5.56 Å². The van der Waals surface area contributed by atoms with E-state index in [-0.39, 0.29) is 11.3 Å². The molecule has 0 spiro atoms. The lowest BCUT2D eigenvalue weighted by atomic mass is 10.1. The number of benzene rings is 3. The molecular formula is C28H28O4. The normalized spacial score (nSPS) is 10.2. The molecule has 0 saturated carbocycles. The number of unbranched alkanes of at least 4 members (excludes halogenated alkanes) is 1. The Kier molecular flexibility index (Phi) is 10.2. The summed E-state index contributed by atoms with van der Waals surface area (Å²) in [5.74, 6) is -0.0992. The third-order valence-corrected chi connectivity index (χ3v) is 4.53. The Hall–Kier alpha value is -3.92. The van der Waals surface area contributed by atoms with Gasteiger partial charge in [-0.1, -0.05) is 86.7 Å². The Morgan fingerprint density at radius 2 is 1.50 bits per heavy atom. The number of carbonyl (C=O) groups is 2. The van der Waals surface area contributed by atoms with Crippen LogP contribution in [0.4, 0.5) is 0 Å². The zero-order valence-corrected chi connectivity index (χ0v) is 18.2. The summed E-state index contributed by atoms with van der Waals surface area (Å²) in [6.07, 6.45) is 7.26. The van der Waals surface area contributed by atoms with Crippen LogP contribution in [0.3, 0.4) is 0 Å². The molecule has 3 rings (SSSR count). The third-order valence-electron chi connectivity index (χ3n) is 4.53. The number of carboxylic acids is 1. The topological polar surface area (TPSA) is 63.6 Å². The van der Waals surface area contributed by atoms with Gasteiger partial charge in [-0.15, -0.1) is 0 Å². The summed E-state index contributed by atoms with van der Waals surface area (Å²) >= 11 is 0. The quantitative estimate of drug-likeness (QED) is 0.231. The number of aromatic carboxylic acids is 1. The molecule has 0 heterocycles. The van der Waals surface area contributed by atoms with Gasteiger partial charge in [-0.2, -0.15) is 0 Å². The van der Waals surface area contributed by atoms with Gasteiger partial charge in [0.05, 0.1) is 12.2 Å². The van der Waals surface area contributed by atoms with Crippen LogP contribution in [0.1, 0.15) is 51.6 Å². The number of allylic oxidation sites excluding steroid dienone is 1. The molecule has 0 fully saturated rings. The van der Waals surface area contributed by atoms with Crippen molar-refractivity contribution in [3.05, 3.63) is 114 Å². The fourth-order valence-corrected chi connectivity index (χ4v) is 2.64. The molecule has 32 heavy (non-hydrogen) atoms. The average molecular weight is 429 g/mol. The van der Waals surface area contributed by atoms with Crippen molar-refractivity contribution in [2.24, 2.45) is 0 Å². The second-order valence-electron chi connectivity index (χ2n) is 6.97. The SMILES string of the molecule is C=Cc1ccc(OCCCC)cc1.O=C(O)c1ccc(/C=C/C(=O)c2ccccc2)cc1. The van der Waals surface area contributed by atoms with E-state index in [1.165, 1.54) is 24.6 Å². The van der Waals surface area contributed by atoms with E-state index in [4.69, 9.17) is 9.84 Å². The highest BCUT2D eigenvalue weighted by Crippen LogP contribution is 2.13. The minimum atomic E-state index is -0.962. The lowest BCUT2D eigenvalue weighted by molar-refractivity contribution is 0.0696. The van der Waals surface area contributed by atoms with E-state index in [9.17, 15) is 9.59 Å². The maximum atomic E-state index is 11.8. The van der Waals surface area contributed by atoms with E-state index in [2.05, 4.69) is 13.5 Å². The molecule has 0 unspecified atom stereocenters. The molecular weight excluding hydrogens is 400 g/mol. The molecule has 164 valence electrons. The number of rotatable bonds is 9. The molecule has 4 heteroatoms. The van der Waals surface area contributed by atoms with Crippen LogP contribution >= 0.6 is 0 Å². The summed E-state index contributed by atoms with van der Waals surface area (Å²) in [7, 11) is 0. The highest BCUT2D eigenvalue weighted by Gasteiger charge is 2.02. The maximum Gasteiger partial charge on any atom is 0.335 e. The fraction of sp³-hybridized carbons (Fsp3) is 0.143. The van der Waals surface area contributed by atoms with Gasteiger partial charge in [0.2, 0.25) is 0 Å². The molecule has 0 bridgehead atoms. The van der Waals surface area contributed by atoms with Crippen molar-refractivity contribution >= 4 is 23.9 Å². The van der Waals surface area contributed by atoms with Crippen LogP contribution < -0.4 is 4.74 Å². The van der Waals surface area contributed by atoms with Crippen molar-refractivity contribution < 1.29 is 19.4 Å². The van der Waals surface area contributed by atoms with Crippen molar-refractivity contribution in [2.75, 3.05) is 6.61 Å². The first-order valence-corrected chi connectivity index (χ1v) is 10.5. The molecule has 4 nitrogen and oxygen atoms in total. The van der Waals surface area contributed by atoms with Crippen LogP contribution in [0.15, 0.2) is 91.5 Å². The Labute approximate surface area is 189 Å². The monoisotopic (exact) mass is 428 g/mol. The molecule has 0 saturated heterocycles. The number of hydrogen-bond donors (Lipinski definition) is 1. The number of carboxylic acid groups (broad SMARTS) is 1. The summed E-state index contributed by atoms with van der Waals surface area (Å²) < 4.78 is 5.51. The van der Waals surface area contributed by atoms with E-state index in [1.54, 1.807) is 30.3 Å². The third kappa shape index (κ3) is 8.44. The van der Waals surface area contributed by atoms with Gasteiger partial charge in [-0.3, -0.25) is 4.79 Å². The van der Waals surface area contributed by atoms with Crippen molar-refractivity contribution in [3.8, 4) is 5.75 Å². The van der Waals surface area contributed by atoms with Crippen LogP contribution in [-0.2, 0) is 0 Å². The largest absolute Gasteiger partial charge is 0.494 e. The zero-order chi connectivity index (χ0) is 23.2. The summed E-state index contributed by atoms with van der Waals surface area (Å²) in [5, 5.41) is 8.77. The average Bonchev–Trinajstić information content (AvgIpc) is 2.84. The Bertz CT molecular complexity index is 1020. The van der Waals surface area contributed by atoms with Crippen molar-refractivity contribution in [3.63, 3.8) is 0 Å². The lowest BCUT2D eigenvalue weighted by Gasteiger charge is -2.04. The number of carbonyl (C=O) groups excluding carboxylic acids is 1. The van der Waals surface area contributed by atoms with Crippen LogP contribution in [0, 0.1) is 0 Å². The van der Waals surface area contributed by atoms with Gasteiger partial charge in [0.15, 0.2) is 5.78 Å². The predicted octanol–water partition coefficient (Wildman–Crippen LogP) is 6.79. The van der Waals surface area contributed by atoms with Crippen LogP contribution in [0.5, 0.6) is 5.75 Å². The van der Waals surface area contributed by atoms with E-state index in [0.717, 1.165) is 29.9 Å². The van der Waals surface area contributed by atoms with Crippen molar-refractivity contribution in [2.45, 2.75) is 19.8 Å². The molecule has 1 N–H and O–H groups in total. The molecule has 3 aromatic carbocycles. The molecule has 0 aromatic heterocycles. The molecule has 0 atom stereocenters. The highest BCUT2D eigenvalue weighted by atomic mass is 16.5. The van der Waals surface area contributed by atoms with Crippen LogP contribution in [0.2, 0.25) is 0 Å². The van der Waals surface area contributed by atoms with E-state index >= 15 is 0 Å². The minimum Gasteiger partial charge on any atom is -0.494 e. The molecule has 3 aromatic rings. The first kappa shape index (κ1) is 24.4. The Balaban J connectivity index is 0.000000244. The first-order chi connectivity index (χ1) is 15.5. The summed E-state index contributed by atoms with van der Waals surface area (Å²) in [6, 6.07) is 23.3. The highest BCUT2D eigenvalue weighted by molar-refractivity contribution is 6.06. The van der Waals surface area contributed by atoms with E-state index in [1.807, 2.05) is 48.5 Å². The molecule has 0 radical (unpaired) electrons. The Morgan fingerprint density at radius 1 is 0.875 bits per heavy atom. The number of hydrogen-bond acceptors (Lipinski definition) is 3. The van der Waals surface area contributed by atoms with Crippen molar-refractivity contribution in [1.82, 2.24) is 0 Å². The van der Waals surface area contributed by atoms with Gasteiger partial charge < -0.3 is 9.84 Å². The fourth-order valence-electron chi connectivity index (χ4n) is 2.64. The summed E-state index contributed by atoms with van der Waals surface area (Å²) in [5.41, 5.74) is 2.77. The van der Waals surface area contributed by atoms with E-state index < -0.39 is 5.97 Å². The second kappa shape index (κ2) is 13.4. The second-order valence-corrected chi connectivity index (χ2v) is 6.97.